The van der Waals surface area contributed by atoms with Gasteiger partial charge in [0, 0.05) is 132 Å². The van der Waals surface area contributed by atoms with Gasteiger partial charge in [-0.3, -0.25) is 44.3 Å². The van der Waals surface area contributed by atoms with E-state index in [2.05, 4.69) is 117 Å². The molecule has 0 N–H and O–H groups in total. The summed E-state index contributed by atoms with van der Waals surface area (Å²) >= 11 is 0. The maximum atomic E-state index is 14.5. The molecule has 14 heteroatoms. The van der Waals surface area contributed by atoms with Crippen LogP contribution < -0.4 is 24.7 Å². The first kappa shape index (κ1) is 69.0. The largest absolute Gasteiger partial charge is 0.833 e. The average molecular weight is 1390 g/mol. The van der Waals surface area contributed by atoms with Crippen molar-refractivity contribution in [1.82, 2.24) is 29.9 Å². The van der Waals surface area contributed by atoms with Gasteiger partial charge in [-0.2, -0.15) is 0 Å². The van der Waals surface area contributed by atoms with Crippen molar-refractivity contribution in [3.05, 3.63) is 374 Å². The molecular formula is C93H73N10O4-. The summed E-state index contributed by atoms with van der Waals surface area (Å²) < 4.78 is 0. The first-order valence-corrected chi connectivity index (χ1v) is 35.4. The predicted molar refractivity (Wildman–Crippen MR) is 427 cm³/mol. The Morgan fingerprint density at radius 3 is 1.12 bits per heavy atom. The molecule has 14 nitrogen and oxygen atoms in total. The quantitative estimate of drug-likeness (QED) is 0.0708. The van der Waals surface area contributed by atoms with E-state index in [-0.39, 0.29) is 29.6 Å². The molecule has 3 unspecified atom stereocenters. The standard InChI is InChI=1S/C93H73N10O4/c1-100(90(104)70-42-34-64(35-43-70)84-22-10-14-50-94-84)76-54-74(55-77(58-76)101(2)91(105)71-44-36-65(37-45-71)85-23-11-15-51-95-85)82-19-7-5-6-18-80(82)62-26-30-68(31-27-62)88-60-99-89(61-98-88)69-32-28-63(29-33-69)81-20-8-9-21-83(81)75-56-78(102(3)92(106)72-46-38-66(39-47-72)86-24-12-16-52-96-86)59-79(57-75)103(4)93(107)73-48-40-67(41-49-73)87-25-13-17-53-97-87/h5-17,19-61,80,82,92H,18H2,1-4H3/q-1. The SMILES string of the molecule is CN(C(=O)c1ccc(-c2ccccn2)cc1)c1cc(C2C=CC=CCC2c2ccc(-c3cnc(-c4ccc(-c5ccccc5-c5cc(N(C)C(=O)c6ccc(-c7ccccn7)cc6)cc(N(C)C([O-])c6ccc(-c7ccccn7)cc6)c5)cc4)cn3)cc2)cc(N(C)C(=O)c2ccc(-c3ccccn3)cc2)c1. The molecule has 3 atom stereocenters. The molecule has 0 bridgehead atoms. The third kappa shape index (κ3) is 15.1. The van der Waals surface area contributed by atoms with Gasteiger partial charge >= 0.3 is 0 Å². The van der Waals surface area contributed by atoms with Crippen molar-refractivity contribution < 1.29 is 19.5 Å². The van der Waals surface area contributed by atoms with Crippen molar-refractivity contribution in [2.45, 2.75) is 24.5 Å². The van der Waals surface area contributed by atoms with E-state index < -0.39 is 6.23 Å². The van der Waals surface area contributed by atoms with Crippen LogP contribution in [0.1, 0.15) is 72.2 Å². The summed E-state index contributed by atoms with van der Waals surface area (Å²) in [6.45, 7) is 0. The number of rotatable bonds is 19. The molecule has 0 aliphatic heterocycles. The molecule has 1 aliphatic carbocycles. The minimum atomic E-state index is -1.28. The van der Waals surface area contributed by atoms with Crippen molar-refractivity contribution in [2.24, 2.45) is 0 Å². The summed E-state index contributed by atoms with van der Waals surface area (Å²) in [6.07, 6.45) is 18.6. The summed E-state index contributed by atoms with van der Waals surface area (Å²) in [7, 11) is 7.11. The van der Waals surface area contributed by atoms with Crippen molar-refractivity contribution in [3.63, 3.8) is 0 Å². The number of benzene rings is 9. The molecular weight excluding hydrogens is 1320 g/mol. The van der Waals surface area contributed by atoms with Gasteiger partial charge in [-0.05, 0) is 179 Å². The molecule has 0 spiro atoms. The number of aromatic nitrogens is 6. The Hall–Kier alpha value is -13.7. The minimum absolute atomic E-state index is 0.0224. The summed E-state index contributed by atoms with van der Waals surface area (Å²) in [6, 6.07) is 89.9. The van der Waals surface area contributed by atoms with Gasteiger partial charge in [0.05, 0.1) is 46.6 Å². The van der Waals surface area contributed by atoms with Gasteiger partial charge in [0.1, 0.15) is 0 Å². The fourth-order valence-corrected chi connectivity index (χ4v) is 13.7. The Morgan fingerprint density at radius 2 is 0.701 bits per heavy atom. The van der Waals surface area contributed by atoms with Gasteiger partial charge in [-0.25, -0.2) is 0 Å². The van der Waals surface area contributed by atoms with E-state index in [9.17, 15) is 19.5 Å². The summed E-state index contributed by atoms with van der Waals surface area (Å²) in [4.78, 5) is 78.1. The van der Waals surface area contributed by atoms with Crippen molar-refractivity contribution in [2.75, 3.05) is 47.8 Å². The molecule has 107 heavy (non-hydrogen) atoms. The third-order valence-corrected chi connectivity index (χ3v) is 19.9. The lowest BCUT2D eigenvalue weighted by molar-refractivity contribution is -0.424. The molecule has 1 aliphatic rings. The zero-order valence-corrected chi connectivity index (χ0v) is 59.4. The van der Waals surface area contributed by atoms with E-state index in [0.29, 0.717) is 50.7 Å². The van der Waals surface area contributed by atoms with E-state index in [1.165, 1.54) is 0 Å². The smallest absolute Gasteiger partial charge is 0.258 e. The number of carbonyl (C=O) groups excluding carboxylic acids is 3. The molecule has 0 saturated heterocycles. The maximum absolute atomic E-state index is 14.5. The van der Waals surface area contributed by atoms with Crippen LogP contribution in [0.5, 0.6) is 0 Å². The number of hydrogen-bond donors (Lipinski definition) is 0. The Kier molecular flexibility index (Phi) is 20.1. The lowest BCUT2D eigenvalue weighted by Crippen LogP contribution is -2.34. The number of carbonyl (C=O) groups is 3. The van der Waals surface area contributed by atoms with Crippen LogP contribution in [0.3, 0.4) is 0 Å². The van der Waals surface area contributed by atoms with E-state index in [4.69, 9.17) is 9.97 Å². The third-order valence-electron chi connectivity index (χ3n) is 19.9. The zero-order chi connectivity index (χ0) is 73.3. The van der Waals surface area contributed by atoms with Gasteiger partial charge in [0.2, 0.25) is 0 Å². The molecule has 5 aromatic heterocycles. The van der Waals surface area contributed by atoms with Crippen molar-refractivity contribution in [3.8, 4) is 89.8 Å². The second kappa shape index (κ2) is 31.1. The van der Waals surface area contributed by atoms with Gasteiger partial charge in [0.25, 0.3) is 17.7 Å². The first-order chi connectivity index (χ1) is 52.3. The Bertz CT molecular complexity index is 5420. The summed E-state index contributed by atoms with van der Waals surface area (Å²) in [5, 5.41) is 14.5. The van der Waals surface area contributed by atoms with Crippen molar-refractivity contribution >= 4 is 40.5 Å². The highest BCUT2D eigenvalue weighted by molar-refractivity contribution is 6.09. The Labute approximate surface area is 622 Å². The molecule has 520 valence electrons. The molecule has 5 heterocycles. The molecule has 0 radical (unpaired) electrons. The normalized spacial score (nSPS) is 13.4. The predicted octanol–water partition coefficient (Wildman–Crippen LogP) is 19.1. The fourth-order valence-electron chi connectivity index (χ4n) is 13.7. The monoisotopic (exact) mass is 1390 g/mol. The second-order valence-corrected chi connectivity index (χ2v) is 26.5. The van der Waals surface area contributed by atoms with Crippen LogP contribution in [-0.4, -0.2) is 75.8 Å². The minimum Gasteiger partial charge on any atom is -0.833 e. The van der Waals surface area contributed by atoms with E-state index >= 15 is 0 Å². The van der Waals surface area contributed by atoms with Gasteiger partial charge in [-0.1, -0.05) is 182 Å². The molecule has 0 fully saturated rings. The van der Waals surface area contributed by atoms with Gasteiger partial charge < -0.3 is 24.7 Å². The topological polar surface area (TPSA) is 165 Å². The van der Waals surface area contributed by atoms with Crippen LogP contribution in [0.4, 0.5) is 22.7 Å². The Morgan fingerprint density at radius 1 is 0.346 bits per heavy atom. The molecule has 0 saturated carbocycles. The van der Waals surface area contributed by atoms with E-state index in [1.807, 2.05) is 212 Å². The highest BCUT2D eigenvalue weighted by Gasteiger charge is 2.28. The molecule has 14 aromatic rings. The lowest BCUT2D eigenvalue weighted by Gasteiger charge is -2.36. The first-order valence-electron chi connectivity index (χ1n) is 35.4. The van der Waals surface area contributed by atoms with Crippen LogP contribution in [-0.2, 0) is 0 Å². The number of pyridine rings is 4. The highest BCUT2D eigenvalue weighted by atomic mass is 16.3. The van der Waals surface area contributed by atoms with Crippen LogP contribution >= 0.6 is 0 Å². The average Bonchev–Trinajstić information content (AvgIpc) is 1.36. The summed E-state index contributed by atoms with van der Waals surface area (Å²) in [5.74, 6) is -0.793. The Balaban J connectivity index is 0.682. The molecule has 15 rings (SSSR count). The second-order valence-electron chi connectivity index (χ2n) is 26.5. The van der Waals surface area contributed by atoms with Crippen molar-refractivity contribution in [1.29, 1.82) is 0 Å². The van der Waals surface area contributed by atoms with E-state index in [1.54, 1.807) is 78.8 Å². The van der Waals surface area contributed by atoms with Gasteiger partial charge in [-0.15, -0.1) is 0 Å². The number of hydrogen-bond acceptors (Lipinski definition) is 11. The zero-order valence-electron chi connectivity index (χ0n) is 59.4. The number of anilines is 4. The highest BCUT2D eigenvalue weighted by Crippen LogP contribution is 2.44. The van der Waals surface area contributed by atoms with Gasteiger partial charge in [0.15, 0.2) is 0 Å². The van der Waals surface area contributed by atoms with Crippen LogP contribution in [0, 0.1) is 0 Å². The molecule has 3 amide bonds. The number of amides is 3. The van der Waals surface area contributed by atoms with Crippen LogP contribution in [0.25, 0.3) is 89.8 Å². The molecule has 9 aromatic carbocycles. The maximum Gasteiger partial charge on any atom is 0.258 e. The van der Waals surface area contributed by atoms with E-state index in [0.717, 1.165) is 102 Å². The number of nitrogens with zero attached hydrogens (tertiary/aromatic N) is 10. The summed E-state index contributed by atoms with van der Waals surface area (Å²) in [5.41, 5.74) is 20.4. The van der Waals surface area contributed by atoms with Crippen LogP contribution in [0.2, 0.25) is 0 Å². The lowest BCUT2D eigenvalue weighted by atomic mass is 9.79. The van der Waals surface area contributed by atoms with Crippen LogP contribution in [0.15, 0.2) is 341 Å². The fraction of sp³-hybridized carbons (Fsp3) is 0.0860. The number of allylic oxidation sites excluding steroid dienone is 4.